The number of ether oxygens (including phenoxy) is 3. The molecule has 5 rings (SSSR count). The van der Waals surface area contributed by atoms with Gasteiger partial charge in [-0.3, -0.25) is 4.79 Å². The lowest BCUT2D eigenvalue weighted by atomic mass is 9.98. The van der Waals surface area contributed by atoms with Crippen molar-refractivity contribution in [2.75, 3.05) is 6.61 Å². The van der Waals surface area contributed by atoms with Gasteiger partial charge in [0.15, 0.2) is 0 Å². The first-order chi connectivity index (χ1) is 22.6. The van der Waals surface area contributed by atoms with E-state index in [0.29, 0.717) is 0 Å². The Kier molecular flexibility index (Phi) is 10.7. The molecule has 3 atom stereocenters. The number of hydrogen-bond acceptors (Lipinski definition) is 6. The molecule has 47 heavy (non-hydrogen) atoms. The summed E-state index contributed by atoms with van der Waals surface area (Å²) < 4.78 is 17.5. The predicted octanol–water partition coefficient (Wildman–Crippen LogP) is 6.57. The maximum absolute atomic E-state index is 13.9. The summed E-state index contributed by atoms with van der Waals surface area (Å²) in [6.45, 7) is 7.46. The van der Waals surface area contributed by atoms with Gasteiger partial charge in [-0.15, -0.1) is 0 Å². The Morgan fingerprint density at radius 1 is 0.702 bits per heavy atom. The molecule has 0 bridgehead atoms. The van der Waals surface area contributed by atoms with Gasteiger partial charge in [0, 0.05) is 12.3 Å². The molecule has 8 heteroatoms. The van der Waals surface area contributed by atoms with E-state index in [-0.39, 0.29) is 25.6 Å². The van der Waals surface area contributed by atoms with Crippen molar-refractivity contribution in [3.05, 3.63) is 131 Å². The zero-order valence-corrected chi connectivity index (χ0v) is 27.3. The van der Waals surface area contributed by atoms with Crippen molar-refractivity contribution >= 4 is 18.0 Å². The highest BCUT2D eigenvalue weighted by Crippen LogP contribution is 2.44. The summed E-state index contributed by atoms with van der Waals surface area (Å²) in [6.07, 6.45) is -1.32. The number of rotatable bonds is 12. The minimum absolute atomic E-state index is 0.0613. The highest BCUT2D eigenvalue weighted by Gasteiger charge is 2.35. The quantitative estimate of drug-likeness (QED) is 0.171. The van der Waals surface area contributed by atoms with Crippen LogP contribution in [0.3, 0.4) is 0 Å². The first kappa shape index (κ1) is 33.4. The summed E-state index contributed by atoms with van der Waals surface area (Å²) >= 11 is 0. The van der Waals surface area contributed by atoms with Gasteiger partial charge >= 0.3 is 12.1 Å². The molecule has 4 aromatic rings. The van der Waals surface area contributed by atoms with Crippen LogP contribution in [0.25, 0.3) is 11.1 Å². The molecule has 8 nitrogen and oxygen atoms in total. The van der Waals surface area contributed by atoms with E-state index in [2.05, 4.69) is 22.8 Å². The third kappa shape index (κ3) is 8.86. The molecule has 244 valence electrons. The van der Waals surface area contributed by atoms with E-state index < -0.39 is 41.8 Å². The van der Waals surface area contributed by atoms with Crippen LogP contribution < -0.4 is 10.6 Å². The molecule has 1 aliphatic rings. The Morgan fingerprint density at radius 2 is 1.23 bits per heavy atom. The normalized spacial score (nSPS) is 14.2. The molecule has 1 aliphatic carbocycles. The first-order valence-electron chi connectivity index (χ1n) is 15.9. The number of carbonyl (C=O) groups excluding carboxylic acids is 3. The molecular weight excluding hydrogens is 592 g/mol. The van der Waals surface area contributed by atoms with Crippen molar-refractivity contribution in [2.24, 2.45) is 0 Å². The number of fused-ring (bicyclic) bond motifs is 3. The number of alkyl carbamates (subject to hydrolysis) is 1. The highest BCUT2D eigenvalue weighted by molar-refractivity contribution is 5.90. The van der Waals surface area contributed by atoms with Gasteiger partial charge in [0.05, 0.1) is 11.7 Å². The van der Waals surface area contributed by atoms with Gasteiger partial charge in [-0.05, 0) is 61.1 Å². The molecule has 0 aromatic heterocycles. The van der Waals surface area contributed by atoms with Gasteiger partial charge in [0.2, 0.25) is 5.91 Å². The lowest BCUT2D eigenvalue weighted by Gasteiger charge is -2.31. The van der Waals surface area contributed by atoms with Crippen molar-refractivity contribution < 1.29 is 28.6 Å². The van der Waals surface area contributed by atoms with Crippen LogP contribution in [-0.2, 0) is 36.8 Å². The van der Waals surface area contributed by atoms with E-state index in [4.69, 9.17) is 14.2 Å². The Bertz CT molecular complexity index is 1620. The van der Waals surface area contributed by atoms with Gasteiger partial charge in [-0.25, -0.2) is 9.59 Å². The summed E-state index contributed by atoms with van der Waals surface area (Å²) in [5.74, 6) is -1.32. The Hall–Kier alpha value is -4.95. The zero-order chi connectivity index (χ0) is 33.4. The van der Waals surface area contributed by atoms with E-state index in [1.54, 1.807) is 6.92 Å². The average Bonchev–Trinajstić information content (AvgIpc) is 3.38. The van der Waals surface area contributed by atoms with Crippen LogP contribution in [0.15, 0.2) is 109 Å². The van der Waals surface area contributed by atoms with Crippen molar-refractivity contribution in [3.63, 3.8) is 0 Å². The number of esters is 1. The van der Waals surface area contributed by atoms with Gasteiger partial charge in [-0.2, -0.15) is 0 Å². The number of carbonyl (C=O) groups is 3. The van der Waals surface area contributed by atoms with Gasteiger partial charge in [0.25, 0.3) is 0 Å². The fraction of sp³-hybridized carbons (Fsp3) is 0.308. The van der Waals surface area contributed by atoms with E-state index in [1.165, 1.54) is 0 Å². The standard InChI is InChI=1S/C39H42N2O6/c1-26(47-39(2,3)4)35(41-38(44)46-25-33-31-21-13-11-19-29(31)30-20-12-14-22-32(30)33)36(42)40-34(23-27-15-7-5-8-16-27)37(43)45-24-28-17-9-6-10-18-28/h5-22,26,33-35H,23-25H2,1-4H3,(H,40,42)(H,41,44)/t26-,34+,35+/m1/s1. The molecule has 0 fully saturated rings. The van der Waals surface area contributed by atoms with Crippen LogP contribution in [0.5, 0.6) is 0 Å². The largest absolute Gasteiger partial charge is 0.459 e. The molecule has 2 N–H and O–H groups in total. The maximum Gasteiger partial charge on any atom is 0.407 e. The molecular formula is C39H42N2O6. The van der Waals surface area contributed by atoms with Crippen LogP contribution in [0, 0.1) is 0 Å². The molecule has 0 saturated heterocycles. The molecule has 0 saturated carbocycles. The molecule has 0 heterocycles. The number of nitrogens with one attached hydrogen (secondary N) is 2. The molecule has 0 spiro atoms. The van der Waals surface area contributed by atoms with Crippen LogP contribution in [0.4, 0.5) is 4.79 Å². The van der Waals surface area contributed by atoms with E-state index in [9.17, 15) is 14.4 Å². The Morgan fingerprint density at radius 3 is 1.81 bits per heavy atom. The van der Waals surface area contributed by atoms with E-state index in [0.717, 1.165) is 33.4 Å². The van der Waals surface area contributed by atoms with Crippen LogP contribution in [-0.4, -0.2) is 48.4 Å². The lowest BCUT2D eigenvalue weighted by molar-refractivity contribution is -0.150. The fourth-order valence-electron chi connectivity index (χ4n) is 5.92. The summed E-state index contributed by atoms with van der Waals surface area (Å²) in [5.41, 5.74) is 5.45. The second kappa shape index (κ2) is 15.1. The smallest absolute Gasteiger partial charge is 0.407 e. The van der Waals surface area contributed by atoms with Crippen molar-refractivity contribution in [1.29, 1.82) is 0 Å². The van der Waals surface area contributed by atoms with Crippen molar-refractivity contribution in [2.45, 2.75) is 70.4 Å². The van der Waals surface area contributed by atoms with E-state index in [1.807, 2.05) is 118 Å². The number of benzene rings is 4. The third-order valence-electron chi connectivity index (χ3n) is 8.02. The summed E-state index contributed by atoms with van der Waals surface area (Å²) in [5, 5.41) is 5.56. The van der Waals surface area contributed by atoms with Crippen LogP contribution in [0.1, 0.15) is 55.9 Å². The Balaban J connectivity index is 1.30. The second-order valence-electron chi connectivity index (χ2n) is 12.7. The minimum Gasteiger partial charge on any atom is -0.459 e. The van der Waals surface area contributed by atoms with E-state index >= 15 is 0 Å². The van der Waals surface area contributed by atoms with Crippen LogP contribution in [0.2, 0.25) is 0 Å². The van der Waals surface area contributed by atoms with Crippen molar-refractivity contribution in [1.82, 2.24) is 10.6 Å². The molecule has 0 radical (unpaired) electrons. The maximum atomic E-state index is 13.9. The number of hydrogen-bond donors (Lipinski definition) is 2. The summed E-state index contributed by atoms with van der Waals surface area (Å²) in [6, 6.07) is 32.7. The molecule has 0 unspecified atom stereocenters. The summed E-state index contributed by atoms with van der Waals surface area (Å²) in [7, 11) is 0. The number of amides is 2. The highest BCUT2D eigenvalue weighted by atomic mass is 16.6. The third-order valence-corrected chi connectivity index (χ3v) is 8.02. The topological polar surface area (TPSA) is 103 Å². The van der Waals surface area contributed by atoms with Gasteiger partial charge in [0.1, 0.15) is 25.3 Å². The fourth-order valence-corrected chi connectivity index (χ4v) is 5.92. The predicted molar refractivity (Wildman–Crippen MR) is 181 cm³/mol. The second-order valence-corrected chi connectivity index (χ2v) is 12.7. The summed E-state index contributed by atoms with van der Waals surface area (Å²) in [4.78, 5) is 40.6. The van der Waals surface area contributed by atoms with Gasteiger partial charge < -0.3 is 24.8 Å². The minimum atomic E-state index is -1.16. The SMILES string of the molecule is C[C@@H](OC(C)(C)C)[C@H](NC(=O)OCC1c2ccccc2-c2ccccc21)C(=O)N[C@@H](Cc1ccccc1)C(=O)OCc1ccccc1. The average molecular weight is 635 g/mol. The first-order valence-corrected chi connectivity index (χ1v) is 15.9. The molecule has 4 aromatic carbocycles. The van der Waals surface area contributed by atoms with Gasteiger partial charge in [-0.1, -0.05) is 109 Å². The monoisotopic (exact) mass is 634 g/mol. The molecule has 2 amide bonds. The Labute approximate surface area is 276 Å². The van der Waals surface area contributed by atoms with Crippen molar-refractivity contribution in [3.8, 4) is 11.1 Å². The molecule has 0 aliphatic heterocycles. The zero-order valence-electron chi connectivity index (χ0n) is 27.3. The lowest BCUT2D eigenvalue weighted by Crippen LogP contribution is -2.57. The van der Waals surface area contributed by atoms with Crippen LogP contribution >= 0.6 is 0 Å².